The van der Waals surface area contributed by atoms with E-state index in [9.17, 15) is 5.11 Å². The van der Waals surface area contributed by atoms with E-state index in [1.54, 1.807) is 6.20 Å². The molecule has 16 heavy (non-hydrogen) atoms. The summed E-state index contributed by atoms with van der Waals surface area (Å²) in [5.74, 6) is 0.755. The molecule has 88 valence electrons. The van der Waals surface area contributed by atoms with Crippen LogP contribution in [0.4, 0.5) is 11.5 Å². The second-order valence-electron chi connectivity index (χ2n) is 4.37. The molecule has 1 aromatic heterocycles. The smallest absolute Gasteiger partial charge is 0.140 e. The van der Waals surface area contributed by atoms with Crippen molar-refractivity contribution in [3.05, 3.63) is 16.7 Å². The van der Waals surface area contributed by atoms with Crippen molar-refractivity contribution in [2.45, 2.75) is 31.2 Å². The van der Waals surface area contributed by atoms with Gasteiger partial charge in [0.1, 0.15) is 5.82 Å². The van der Waals surface area contributed by atoms with Crippen molar-refractivity contribution in [2.24, 2.45) is 0 Å². The van der Waals surface area contributed by atoms with Crippen LogP contribution in [0.3, 0.4) is 0 Å². The maximum atomic E-state index is 9.49. The molecule has 1 saturated carbocycles. The van der Waals surface area contributed by atoms with Crippen molar-refractivity contribution in [3.8, 4) is 0 Å². The average molecular weight is 286 g/mol. The summed E-state index contributed by atoms with van der Waals surface area (Å²) in [6.45, 7) is 0.144. The van der Waals surface area contributed by atoms with Crippen LogP contribution in [-0.2, 0) is 0 Å². The van der Waals surface area contributed by atoms with E-state index in [1.807, 2.05) is 6.07 Å². The zero-order valence-electron chi connectivity index (χ0n) is 9.04. The van der Waals surface area contributed by atoms with Crippen molar-refractivity contribution in [1.29, 1.82) is 0 Å². The van der Waals surface area contributed by atoms with E-state index in [1.165, 1.54) is 0 Å². The molecule has 4 nitrogen and oxygen atoms in total. The van der Waals surface area contributed by atoms with Crippen molar-refractivity contribution < 1.29 is 5.11 Å². The van der Waals surface area contributed by atoms with Crippen LogP contribution in [0.2, 0.25) is 0 Å². The topological polar surface area (TPSA) is 71.2 Å². The van der Waals surface area contributed by atoms with Crippen molar-refractivity contribution in [2.75, 3.05) is 17.7 Å². The molecule has 0 unspecified atom stereocenters. The van der Waals surface area contributed by atoms with Crippen LogP contribution in [0.1, 0.15) is 25.7 Å². The first-order chi connectivity index (χ1) is 7.65. The van der Waals surface area contributed by atoms with Crippen LogP contribution in [0.25, 0.3) is 0 Å². The Labute approximate surface area is 103 Å². The Kier molecular flexibility index (Phi) is 3.35. The number of halogens is 1. The molecule has 0 aliphatic heterocycles. The largest absolute Gasteiger partial charge is 0.397 e. The summed E-state index contributed by atoms with van der Waals surface area (Å²) < 4.78 is 0.840. The number of aromatic nitrogens is 1. The SMILES string of the molecule is Nc1cnc(NC2(CO)CCCC2)c(Br)c1. The van der Waals surface area contributed by atoms with Crippen molar-refractivity contribution >= 4 is 27.4 Å². The number of aliphatic hydroxyl groups excluding tert-OH is 1. The Morgan fingerprint density at radius 1 is 1.50 bits per heavy atom. The average Bonchev–Trinajstić information content (AvgIpc) is 2.72. The van der Waals surface area contributed by atoms with Crippen LogP contribution in [0.15, 0.2) is 16.7 Å². The number of pyridine rings is 1. The van der Waals surface area contributed by atoms with Gasteiger partial charge in [0.05, 0.1) is 28.5 Å². The molecule has 0 radical (unpaired) electrons. The highest BCUT2D eigenvalue weighted by Gasteiger charge is 2.33. The van der Waals surface area contributed by atoms with Gasteiger partial charge in [-0.05, 0) is 34.8 Å². The van der Waals surface area contributed by atoms with Crippen LogP contribution in [0.5, 0.6) is 0 Å². The third-order valence-electron chi connectivity index (χ3n) is 3.11. The second-order valence-corrected chi connectivity index (χ2v) is 5.22. The summed E-state index contributed by atoms with van der Waals surface area (Å²) in [4.78, 5) is 4.24. The molecule has 0 saturated heterocycles. The number of aliphatic hydroxyl groups is 1. The third kappa shape index (κ3) is 2.30. The lowest BCUT2D eigenvalue weighted by molar-refractivity contribution is 0.213. The first-order valence-electron chi connectivity index (χ1n) is 5.45. The van der Waals surface area contributed by atoms with Gasteiger partial charge in [-0.2, -0.15) is 0 Å². The van der Waals surface area contributed by atoms with Crippen LogP contribution >= 0.6 is 15.9 Å². The molecule has 1 aliphatic rings. The molecular weight excluding hydrogens is 270 g/mol. The quantitative estimate of drug-likeness (QED) is 0.796. The highest BCUT2D eigenvalue weighted by molar-refractivity contribution is 9.10. The molecule has 0 spiro atoms. The Balaban J connectivity index is 2.19. The van der Waals surface area contributed by atoms with Gasteiger partial charge < -0.3 is 16.2 Å². The summed E-state index contributed by atoms with van der Waals surface area (Å²) in [6, 6.07) is 1.81. The van der Waals surface area contributed by atoms with E-state index in [0.717, 1.165) is 36.0 Å². The number of nitrogens with one attached hydrogen (secondary N) is 1. The Hall–Kier alpha value is -0.810. The summed E-state index contributed by atoms with van der Waals surface area (Å²) >= 11 is 3.42. The van der Waals surface area contributed by atoms with Gasteiger partial charge in [-0.3, -0.25) is 0 Å². The molecule has 4 N–H and O–H groups in total. The zero-order valence-corrected chi connectivity index (χ0v) is 10.6. The van der Waals surface area contributed by atoms with Gasteiger partial charge in [-0.25, -0.2) is 4.98 Å². The predicted molar refractivity (Wildman–Crippen MR) is 68.3 cm³/mol. The first-order valence-corrected chi connectivity index (χ1v) is 6.25. The molecule has 5 heteroatoms. The molecule has 0 atom stereocenters. The minimum absolute atomic E-state index is 0.144. The van der Waals surface area contributed by atoms with E-state index in [0.29, 0.717) is 5.69 Å². The molecule has 2 rings (SSSR count). The molecule has 1 aromatic rings. The van der Waals surface area contributed by atoms with Crippen molar-refractivity contribution in [3.63, 3.8) is 0 Å². The van der Waals surface area contributed by atoms with Crippen LogP contribution in [-0.4, -0.2) is 22.2 Å². The number of nitrogens with zero attached hydrogens (tertiary/aromatic N) is 1. The van der Waals surface area contributed by atoms with Crippen LogP contribution in [0, 0.1) is 0 Å². The van der Waals surface area contributed by atoms with Gasteiger partial charge >= 0.3 is 0 Å². The van der Waals surface area contributed by atoms with Gasteiger partial charge in [0.15, 0.2) is 0 Å². The standard InChI is InChI=1S/C11H16BrN3O/c12-9-5-8(13)6-14-10(9)15-11(7-16)3-1-2-4-11/h5-6,16H,1-4,7,13H2,(H,14,15). The molecule has 0 amide bonds. The van der Waals surface area contributed by atoms with Gasteiger partial charge in [0.2, 0.25) is 0 Å². The third-order valence-corrected chi connectivity index (χ3v) is 3.71. The normalized spacial score (nSPS) is 18.6. The summed E-state index contributed by atoms with van der Waals surface area (Å²) in [5, 5.41) is 12.8. The maximum absolute atomic E-state index is 9.49. The fourth-order valence-electron chi connectivity index (χ4n) is 2.17. The first kappa shape index (κ1) is 11.7. The number of hydrogen-bond acceptors (Lipinski definition) is 4. The van der Waals surface area contributed by atoms with E-state index in [2.05, 4.69) is 26.2 Å². The number of nitrogens with two attached hydrogens (primary N) is 1. The van der Waals surface area contributed by atoms with Crippen LogP contribution < -0.4 is 11.1 Å². The van der Waals surface area contributed by atoms with Gasteiger partial charge in [-0.1, -0.05) is 12.8 Å². The summed E-state index contributed by atoms with van der Waals surface area (Å²) in [6.07, 6.45) is 5.90. The zero-order chi connectivity index (χ0) is 11.6. The molecule has 0 aromatic carbocycles. The highest BCUT2D eigenvalue weighted by atomic mass is 79.9. The highest BCUT2D eigenvalue weighted by Crippen LogP contribution is 2.34. The second kappa shape index (κ2) is 4.59. The maximum Gasteiger partial charge on any atom is 0.140 e. The van der Waals surface area contributed by atoms with E-state index in [-0.39, 0.29) is 12.1 Å². The van der Waals surface area contributed by atoms with Crippen molar-refractivity contribution in [1.82, 2.24) is 4.98 Å². The Bertz CT molecular complexity index is 377. The van der Waals surface area contributed by atoms with Gasteiger partial charge in [-0.15, -0.1) is 0 Å². The summed E-state index contributed by atoms with van der Waals surface area (Å²) in [7, 11) is 0. The minimum Gasteiger partial charge on any atom is -0.397 e. The number of anilines is 2. The molecule has 1 fully saturated rings. The lowest BCUT2D eigenvalue weighted by Gasteiger charge is -2.29. The Morgan fingerprint density at radius 3 is 2.75 bits per heavy atom. The Morgan fingerprint density at radius 2 is 2.19 bits per heavy atom. The van der Waals surface area contributed by atoms with Gasteiger partial charge in [0, 0.05) is 0 Å². The minimum atomic E-state index is -0.203. The fraction of sp³-hybridized carbons (Fsp3) is 0.545. The number of hydrogen-bond donors (Lipinski definition) is 3. The predicted octanol–water partition coefficient (Wildman–Crippen LogP) is 2.14. The molecular formula is C11H16BrN3O. The lowest BCUT2D eigenvalue weighted by atomic mass is 9.99. The van der Waals surface area contributed by atoms with E-state index in [4.69, 9.17) is 5.73 Å². The van der Waals surface area contributed by atoms with Gasteiger partial charge in [0.25, 0.3) is 0 Å². The lowest BCUT2D eigenvalue weighted by Crippen LogP contribution is -2.39. The number of nitrogen functional groups attached to an aromatic ring is 1. The monoisotopic (exact) mass is 285 g/mol. The summed E-state index contributed by atoms with van der Waals surface area (Å²) in [5.41, 5.74) is 6.06. The molecule has 1 aliphatic carbocycles. The van der Waals surface area contributed by atoms with E-state index < -0.39 is 0 Å². The van der Waals surface area contributed by atoms with E-state index >= 15 is 0 Å². The molecule has 0 bridgehead atoms. The fourth-order valence-corrected chi connectivity index (χ4v) is 2.64. The molecule has 1 heterocycles. The number of rotatable bonds is 3.